The Hall–Kier alpha value is -2.27. The van der Waals surface area contributed by atoms with Crippen LogP contribution in [0.1, 0.15) is 43.4 Å². The topological polar surface area (TPSA) is 48.7 Å². The van der Waals surface area contributed by atoms with Crippen LogP contribution in [0.15, 0.2) is 51.6 Å². The van der Waals surface area contributed by atoms with Gasteiger partial charge in [0.05, 0.1) is 23.8 Å². The largest absolute Gasteiger partial charge is 0.489 e. The molecule has 0 radical (unpaired) electrons. The lowest BCUT2D eigenvalue weighted by Crippen LogP contribution is -2.09. The summed E-state index contributed by atoms with van der Waals surface area (Å²) in [7, 11) is 0. The number of ether oxygens (including phenoxy) is 2. The van der Waals surface area contributed by atoms with E-state index in [9.17, 15) is 4.79 Å². The fourth-order valence-electron chi connectivity index (χ4n) is 2.92. The highest BCUT2D eigenvalue weighted by atomic mass is 79.9. The van der Waals surface area contributed by atoms with Crippen molar-refractivity contribution in [3.05, 3.63) is 63.8 Å². The van der Waals surface area contributed by atoms with Crippen molar-refractivity contribution in [2.45, 2.75) is 39.7 Å². The first kappa shape index (κ1) is 19.5. The van der Waals surface area contributed by atoms with Crippen LogP contribution in [0, 0.1) is 0 Å². The summed E-state index contributed by atoms with van der Waals surface area (Å²) in [5, 5.41) is 1.02. The molecule has 0 unspecified atom stereocenters. The van der Waals surface area contributed by atoms with Gasteiger partial charge in [-0.05, 0) is 64.2 Å². The maximum Gasteiger partial charge on any atom is 0.310 e. The number of esters is 1. The van der Waals surface area contributed by atoms with Crippen LogP contribution in [0.5, 0.6) is 5.75 Å². The van der Waals surface area contributed by atoms with Gasteiger partial charge >= 0.3 is 5.97 Å². The Balaban J connectivity index is 1.84. The SMILES string of the molecule is CCOC(=O)Cc1ccc(C(C)C)cc1OCc1cc(Br)c2occc2c1. The number of rotatable bonds is 7. The predicted molar refractivity (Wildman–Crippen MR) is 109 cm³/mol. The lowest BCUT2D eigenvalue weighted by atomic mass is 10.00. The third kappa shape index (κ3) is 4.72. The highest BCUT2D eigenvalue weighted by Gasteiger charge is 2.13. The van der Waals surface area contributed by atoms with E-state index in [1.54, 1.807) is 13.2 Å². The third-order valence-corrected chi connectivity index (χ3v) is 4.95. The highest BCUT2D eigenvalue weighted by molar-refractivity contribution is 9.10. The molecule has 1 heterocycles. The summed E-state index contributed by atoms with van der Waals surface area (Å²) in [4.78, 5) is 11.9. The Morgan fingerprint density at radius 2 is 2.00 bits per heavy atom. The number of carbonyl (C=O) groups excluding carboxylic acids is 1. The number of hydrogen-bond acceptors (Lipinski definition) is 4. The van der Waals surface area contributed by atoms with E-state index < -0.39 is 0 Å². The fourth-order valence-corrected chi connectivity index (χ4v) is 3.54. The monoisotopic (exact) mass is 430 g/mol. The van der Waals surface area contributed by atoms with Crippen molar-refractivity contribution in [1.29, 1.82) is 0 Å². The lowest BCUT2D eigenvalue weighted by molar-refractivity contribution is -0.142. The van der Waals surface area contributed by atoms with Crippen LogP contribution in [0.4, 0.5) is 0 Å². The average molecular weight is 431 g/mol. The molecule has 27 heavy (non-hydrogen) atoms. The summed E-state index contributed by atoms with van der Waals surface area (Å²) in [5.41, 5.74) is 3.85. The Labute approximate surface area is 167 Å². The number of fused-ring (bicyclic) bond motifs is 1. The Kier molecular flexibility index (Phi) is 6.22. The second-order valence-electron chi connectivity index (χ2n) is 6.71. The Bertz CT molecular complexity index is 943. The van der Waals surface area contributed by atoms with Crippen LogP contribution in [0.2, 0.25) is 0 Å². The van der Waals surface area contributed by atoms with Gasteiger partial charge in [-0.3, -0.25) is 4.79 Å². The molecule has 0 aliphatic heterocycles. The maximum atomic E-state index is 11.9. The van der Waals surface area contributed by atoms with Gasteiger partial charge in [0, 0.05) is 10.9 Å². The van der Waals surface area contributed by atoms with Crippen molar-refractivity contribution in [3.63, 3.8) is 0 Å². The van der Waals surface area contributed by atoms with Crippen molar-refractivity contribution in [2.75, 3.05) is 6.61 Å². The molecule has 0 amide bonds. The van der Waals surface area contributed by atoms with Crippen molar-refractivity contribution in [2.24, 2.45) is 0 Å². The van der Waals surface area contributed by atoms with Gasteiger partial charge in [-0.1, -0.05) is 26.0 Å². The molecule has 1 aromatic heterocycles. The summed E-state index contributed by atoms with van der Waals surface area (Å²) >= 11 is 3.54. The third-order valence-electron chi connectivity index (χ3n) is 4.36. The van der Waals surface area contributed by atoms with Crippen molar-refractivity contribution in [1.82, 2.24) is 0 Å². The molecule has 3 rings (SSSR count). The van der Waals surface area contributed by atoms with Crippen LogP contribution >= 0.6 is 15.9 Å². The molecule has 142 valence electrons. The number of furan rings is 1. The van der Waals surface area contributed by atoms with Gasteiger partial charge in [-0.2, -0.15) is 0 Å². The van der Waals surface area contributed by atoms with Gasteiger partial charge in [0.1, 0.15) is 17.9 Å². The Morgan fingerprint density at radius 1 is 1.19 bits per heavy atom. The van der Waals surface area contributed by atoms with Gasteiger partial charge in [0.15, 0.2) is 0 Å². The molecule has 2 aromatic carbocycles. The molecular weight excluding hydrogens is 408 g/mol. The minimum absolute atomic E-state index is 0.200. The molecule has 0 aliphatic carbocycles. The van der Waals surface area contributed by atoms with Crippen LogP contribution in [-0.2, 0) is 22.6 Å². The smallest absolute Gasteiger partial charge is 0.310 e. The molecule has 0 spiro atoms. The molecule has 3 aromatic rings. The van der Waals surface area contributed by atoms with E-state index in [-0.39, 0.29) is 12.4 Å². The number of halogens is 1. The Morgan fingerprint density at radius 3 is 2.74 bits per heavy atom. The fraction of sp³-hybridized carbons (Fsp3) is 0.318. The maximum absolute atomic E-state index is 11.9. The minimum Gasteiger partial charge on any atom is -0.489 e. The second kappa shape index (κ2) is 8.61. The second-order valence-corrected chi connectivity index (χ2v) is 7.56. The first-order chi connectivity index (χ1) is 13.0. The molecule has 0 fully saturated rings. The quantitative estimate of drug-likeness (QED) is 0.431. The van der Waals surface area contributed by atoms with Gasteiger partial charge in [0.25, 0.3) is 0 Å². The van der Waals surface area contributed by atoms with Crippen molar-refractivity contribution in [3.8, 4) is 5.75 Å². The molecule has 0 N–H and O–H groups in total. The van der Waals surface area contributed by atoms with E-state index in [1.807, 2.05) is 36.4 Å². The van der Waals surface area contributed by atoms with E-state index in [0.29, 0.717) is 19.1 Å². The van der Waals surface area contributed by atoms with E-state index in [4.69, 9.17) is 13.9 Å². The molecule has 4 nitrogen and oxygen atoms in total. The minimum atomic E-state index is -0.248. The first-order valence-electron chi connectivity index (χ1n) is 9.04. The van der Waals surface area contributed by atoms with Gasteiger partial charge < -0.3 is 13.9 Å². The van der Waals surface area contributed by atoms with Gasteiger partial charge in [-0.25, -0.2) is 0 Å². The van der Waals surface area contributed by atoms with Crippen LogP contribution in [0.25, 0.3) is 11.0 Å². The standard InChI is InChI=1S/C22H23BrO4/c1-4-25-21(24)12-17-6-5-16(14(2)3)11-20(17)27-13-15-9-18-7-8-26-22(18)19(23)10-15/h5-11,14H,4,12-13H2,1-3H3. The van der Waals surface area contributed by atoms with E-state index >= 15 is 0 Å². The van der Waals surface area contributed by atoms with Crippen LogP contribution in [0.3, 0.4) is 0 Å². The average Bonchev–Trinajstić information content (AvgIpc) is 3.10. The summed E-state index contributed by atoms with van der Waals surface area (Å²) in [6.45, 7) is 6.85. The zero-order chi connectivity index (χ0) is 19.4. The summed E-state index contributed by atoms with van der Waals surface area (Å²) in [5.74, 6) is 0.847. The molecule has 0 bridgehead atoms. The van der Waals surface area contributed by atoms with E-state index in [1.165, 1.54) is 5.56 Å². The predicted octanol–water partition coefficient (Wildman–Crippen LogP) is 6.00. The normalized spacial score (nSPS) is 11.1. The first-order valence-corrected chi connectivity index (χ1v) is 9.84. The van der Waals surface area contributed by atoms with E-state index in [2.05, 4.69) is 29.8 Å². The summed E-state index contributed by atoms with van der Waals surface area (Å²) in [6, 6.07) is 12.0. The van der Waals surface area contributed by atoms with Crippen molar-refractivity contribution < 1.29 is 18.7 Å². The van der Waals surface area contributed by atoms with Gasteiger partial charge in [0.2, 0.25) is 0 Å². The number of hydrogen-bond donors (Lipinski definition) is 0. The highest BCUT2D eigenvalue weighted by Crippen LogP contribution is 2.29. The number of carbonyl (C=O) groups is 1. The van der Waals surface area contributed by atoms with Gasteiger partial charge in [-0.15, -0.1) is 0 Å². The molecular formula is C22H23BrO4. The molecule has 0 atom stereocenters. The lowest BCUT2D eigenvalue weighted by Gasteiger charge is -2.15. The van der Waals surface area contributed by atoms with E-state index in [0.717, 1.165) is 32.3 Å². The molecule has 0 saturated carbocycles. The zero-order valence-corrected chi connectivity index (χ0v) is 17.3. The molecule has 5 heteroatoms. The van der Waals surface area contributed by atoms with Crippen LogP contribution in [-0.4, -0.2) is 12.6 Å². The zero-order valence-electron chi connectivity index (χ0n) is 15.8. The molecule has 0 saturated heterocycles. The number of benzene rings is 2. The summed E-state index contributed by atoms with van der Waals surface area (Å²) in [6.07, 6.45) is 1.87. The van der Waals surface area contributed by atoms with Crippen LogP contribution < -0.4 is 4.74 Å². The summed E-state index contributed by atoms with van der Waals surface area (Å²) < 4.78 is 17.5. The molecule has 0 aliphatic rings. The van der Waals surface area contributed by atoms with Crippen molar-refractivity contribution >= 4 is 32.9 Å².